The van der Waals surface area contributed by atoms with Gasteiger partial charge in [0.1, 0.15) is 6.04 Å². The van der Waals surface area contributed by atoms with Crippen molar-refractivity contribution in [2.24, 2.45) is 5.73 Å². The number of amides is 2. The molecule has 2 heterocycles. The molecule has 2 atom stereocenters. The van der Waals surface area contributed by atoms with Crippen molar-refractivity contribution in [1.82, 2.24) is 4.90 Å². The van der Waals surface area contributed by atoms with Gasteiger partial charge in [0.2, 0.25) is 11.8 Å². The van der Waals surface area contributed by atoms with E-state index in [9.17, 15) is 9.59 Å². The minimum absolute atomic E-state index is 0.0409. The monoisotopic (exact) mass is 284 g/mol. The molecule has 0 aromatic heterocycles. The first-order chi connectivity index (χ1) is 9.68. The van der Waals surface area contributed by atoms with Crippen LogP contribution in [0.25, 0.3) is 0 Å². The van der Waals surface area contributed by atoms with Gasteiger partial charge in [-0.05, 0) is 32.1 Å². The molecule has 2 saturated heterocycles. The lowest BCUT2D eigenvalue weighted by Gasteiger charge is -2.33. The van der Waals surface area contributed by atoms with E-state index >= 15 is 0 Å². The number of nitrogens with two attached hydrogens (primary N) is 1. The van der Waals surface area contributed by atoms with Gasteiger partial charge in [-0.15, -0.1) is 0 Å². The Morgan fingerprint density at radius 3 is 2.80 bits per heavy atom. The van der Waals surface area contributed by atoms with E-state index in [1.165, 1.54) is 0 Å². The van der Waals surface area contributed by atoms with E-state index < -0.39 is 11.9 Å². The van der Waals surface area contributed by atoms with Gasteiger partial charge in [0, 0.05) is 13.2 Å². The van der Waals surface area contributed by atoms with Gasteiger partial charge in [-0.25, -0.2) is 0 Å². The second-order valence-electron chi connectivity index (χ2n) is 5.46. The highest BCUT2D eigenvalue weighted by Crippen LogP contribution is 2.18. The summed E-state index contributed by atoms with van der Waals surface area (Å²) in [5, 5.41) is 0. The number of primary amides is 1. The van der Waals surface area contributed by atoms with Gasteiger partial charge in [0.05, 0.1) is 25.7 Å². The first-order valence-corrected chi connectivity index (χ1v) is 7.46. The molecule has 2 amide bonds. The lowest BCUT2D eigenvalue weighted by atomic mass is 10.0. The Bertz CT molecular complexity index is 342. The van der Waals surface area contributed by atoms with Gasteiger partial charge in [-0.1, -0.05) is 0 Å². The van der Waals surface area contributed by atoms with Crippen LogP contribution in [0.1, 0.15) is 38.5 Å². The van der Waals surface area contributed by atoms with Crippen LogP contribution < -0.4 is 5.73 Å². The van der Waals surface area contributed by atoms with Gasteiger partial charge < -0.3 is 20.1 Å². The van der Waals surface area contributed by atoms with Crippen molar-refractivity contribution in [2.75, 3.05) is 26.4 Å². The second-order valence-corrected chi connectivity index (χ2v) is 5.46. The third kappa shape index (κ3) is 4.18. The molecule has 6 nitrogen and oxygen atoms in total. The molecule has 2 rings (SSSR count). The molecule has 114 valence electrons. The van der Waals surface area contributed by atoms with Crippen molar-refractivity contribution in [3.05, 3.63) is 0 Å². The minimum atomic E-state index is -0.436. The van der Waals surface area contributed by atoms with Crippen molar-refractivity contribution in [1.29, 1.82) is 0 Å². The largest absolute Gasteiger partial charge is 0.378 e. The number of hydrogen-bond donors (Lipinski definition) is 1. The Labute approximate surface area is 119 Å². The minimum Gasteiger partial charge on any atom is -0.378 e. The van der Waals surface area contributed by atoms with Crippen LogP contribution in [-0.2, 0) is 19.1 Å². The Morgan fingerprint density at radius 2 is 2.10 bits per heavy atom. The van der Waals surface area contributed by atoms with Gasteiger partial charge in [0.15, 0.2) is 0 Å². The van der Waals surface area contributed by atoms with Crippen molar-refractivity contribution < 1.29 is 19.1 Å². The molecule has 0 saturated carbocycles. The van der Waals surface area contributed by atoms with E-state index in [0.29, 0.717) is 32.6 Å². The summed E-state index contributed by atoms with van der Waals surface area (Å²) in [6.45, 7) is 2.35. The van der Waals surface area contributed by atoms with Crippen LogP contribution in [-0.4, -0.2) is 55.2 Å². The molecule has 0 spiro atoms. The number of carbonyl (C=O) groups excluding carboxylic acids is 2. The molecule has 2 aliphatic heterocycles. The summed E-state index contributed by atoms with van der Waals surface area (Å²) in [5.41, 5.74) is 5.35. The van der Waals surface area contributed by atoms with E-state index in [4.69, 9.17) is 15.2 Å². The molecule has 0 aliphatic carbocycles. The van der Waals surface area contributed by atoms with Crippen LogP contribution >= 0.6 is 0 Å². The molecular weight excluding hydrogens is 260 g/mol. The Kier molecular flexibility index (Phi) is 5.79. The van der Waals surface area contributed by atoms with Crippen molar-refractivity contribution in [3.63, 3.8) is 0 Å². The number of rotatable bonds is 6. The van der Waals surface area contributed by atoms with E-state index in [2.05, 4.69) is 0 Å². The number of carbonyl (C=O) groups is 2. The summed E-state index contributed by atoms with van der Waals surface area (Å²) in [6.07, 6.45) is 5.16. The average Bonchev–Trinajstić information content (AvgIpc) is 2.96. The molecule has 2 aliphatic rings. The van der Waals surface area contributed by atoms with E-state index in [-0.39, 0.29) is 12.0 Å². The number of likely N-dealkylation sites (tertiary alicyclic amines) is 1. The number of nitrogens with zero attached hydrogens (tertiary/aromatic N) is 1. The molecule has 6 heteroatoms. The first kappa shape index (κ1) is 15.3. The maximum Gasteiger partial charge on any atom is 0.240 e. The quantitative estimate of drug-likeness (QED) is 0.717. The fourth-order valence-electron chi connectivity index (χ4n) is 2.82. The third-order valence-electron chi connectivity index (χ3n) is 3.94. The SMILES string of the molecule is NC(=O)[C@@H]1CCCCN1C(=O)CCOC[C@@H]1CCCO1. The highest BCUT2D eigenvalue weighted by atomic mass is 16.5. The summed E-state index contributed by atoms with van der Waals surface area (Å²) in [6, 6.07) is -0.436. The third-order valence-corrected chi connectivity index (χ3v) is 3.94. The Balaban J connectivity index is 1.68. The van der Waals surface area contributed by atoms with Gasteiger partial charge in [-0.2, -0.15) is 0 Å². The van der Waals surface area contributed by atoms with Crippen LogP contribution in [0.4, 0.5) is 0 Å². The highest BCUT2D eigenvalue weighted by Gasteiger charge is 2.30. The van der Waals surface area contributed by atoms with Crippen LogP contribution in [0.5, 0.6) is 0 Å². The number of ether oxygens (including phenoxy) is 2. The average molecular weight is 284 g/mol. The zero-order valence-electron chi connectivity index (χ0n) is 11.9. The van der Waals surface area contributed by atoms with Crippen molar-refractivity contribution >= 4 is 11.8 Å². The predicted molar refractivity (Wildman–Crippen MR) is 73.0 cm³/mol. The number of piperidine rings is 1. The lowest BCUT2D eigenvalue weighted by Crippen LogP contribution is -2.50. The van der Waals surface area contributed by atoms with Gasteiger partial charge >= 0.3 is 0 Å². The molecule has 20 heavy (non-hydrogen) atoms. The standard InChI is InChI=1S/C14H24N2O4/c15-14(18)12-5-1-2-7-16(12)13(17)6-9-19-10-11-4-3-8-20-11/h11-12H,1-10H2,(H2,15,18)/t11-,12-/m0/s1. The fraction of sp³-hybridized carbons (Fsp3) is 0.857. The van der Waals surface area contributed by atoms with Gasteiger partial charge in [0.25, 0.3) is 0 Å². The number of hydrogen-bond acceptors (Lipinski definition) is 4. The topological polar surface area (TPSA) is 81.9 Å². The Hall–Kier alpha value is -1.14. The summed E-state index contributed by atoms with van der Waals surface area (Å²) in [7, 11) is 0. The maximum atomic E-state index is 12.1. The summed E-state index contributed by atoms with van der Waals surface area (Å²) in [5.74, 6) is -0.445. The molecule has 0 radical (unpaired) electrons. The molecule has 2 fully saturated rings. The van der Waals surface area contributed by atoms with Crippen LogP contribution in [0.15, 0.2) is 0 Å². The molecule has 0 aromatic rings. The molecule has 2 N–H and O–H groups in total. The van der Waals surface area contributed by atoms with Gasteiger partial charge in [-0.3, -0.25) is 9.59 Å². The zero-order chi connectivity index (χ0) is 14.4. The smallest absolute Gasteiger partial charge is 0.240 e. The summed E-state index contributed by atoms with van der Waals surface area (Å²) < 4.78 is 10.9. The maximum absolute atomic E-state index is 12.1. The summed E-state index contributed by atoms with van der Waals surface area (Å²) in [4.78, 5) is 25.1. The van der Waals surface area contributed by atoms with E-state index in [0.717, 1.165) is 32.3 Å². The van der Waals surface area contributed by atoms with E-state index in [1.54, 1.807) is 4.90 Å². The van der Waals surface area contributed by atoms with E-state index in [1.807, 2.05) is 0 Å². The molecule has 0 bridgehead atoms. The normalized spacial score (nSPS) is 26.7. The lowest BCUT2D eigenvalue weighted by molar-refractivity contribution is -0.142. The predicted octanol–water partition coefficient (Wildman–Crippen LogP) is 0.438. The van der Waals surface area contributed by atoms with Crippen LogP contribution in [0.2, 0.25) is 0 Å². The molecular formula is C14H24N2O4. The highest BCUT2D eigenvalue weighted by molar-refractivity contribution is 5.86. The van der Waals surface area contributed by atoms with Crippen LogP contribution in [0, 0.1) is 0 Å². The zero-order valence-corrected chi connectivity index (χ0v) is 11.9. The van der Waals surface area contributed by atoms with Crippen molar-refractivity contribution in [2.45, 2.75) is 50.7 Å². The molecule has 0 aromatic carbocycles. The first-order valence-electron chi connectivity index (χ1n) is 7.46. The van der Waals surface area contributed by atoms with Crippen LogP contribution in [0.3, 0.4) is 0 Å². The second kappa shape index (κ2) is 7.59. The summed E-state index contributed by atoms with van der Waals surface area (Å²) >= 11 is 0. The molecule has 0 unspecified atom stereocenters. The Morgan fingerprint density at radius 1 is 1.25 bits per heavy atom. The fourth-order valence-corrected chi connectivity index (χ4v) is 2.82. The van der Waals surface area contributed by atoms with Crippen molar-refractivity contribution in [3.8, 4) is 0 Å².